The van der Waals surface area contributed by atoms with Crippen LogP contribution in [0.4, 0.5) is 11.4 Å². The molecule has 1 atom stereocenters. The van der Waals surface area contributed by atoms with Gasteiger partial charge in [0, 0.05) is 25.1 Å². The van der Waals surface area contributed by atoms with Crippen molar-refractivity contribution in [1.82, 2.24) is 4.90 Å². The quantitative estimate of drug-likeness (QED) is 0.803. The predicted molar refractivity (Wildman–Crippen MR) is 121 cm³/mol. The minimum Gasteiger partial charge on any atom is -0.326 e. The van der Waals surface area contributed by atoms with Gasteiger partial charge in [0.25, 0.3) is 5.91 Å². The molecular formula is C25H29N3O3. The number of benzene rings is 2. The van der Waals surface area contributed by atoms with Gasteiger partial charge in [0.1, 0.15) is 5.66 Å². The molecule has 162 valence electrons. The van der Waals surface area contributed by atoms with Crippen LogP contribution in [0.3, 0.4) is 0 Å². The molecule has 0 aliphatic carbocycles. The fraction of sp³-hybridized carbons (Fsp3) is 0.400. The molecule has 0 spiro atoms. The zero-order valence-corrected chi connectivity index (χ0v) is 18.6. The minimum atomic E-state index is -0.744. The van der Waals surface area contributed by atoms with Crippen molar-refractivity contribution in [2.75, 3.05) is 16.8 Å². The van der Waals surface area contributed by atoms with E-state index in [4.69, 9.17) is 0 Å². The second-order valence-corrected chi connectivity index (χ2v) is 9.51. The highest BCUT2D eigenvalue weighted by atomic mass is 16.2. The number of fused-ring (bicyclic) bond motifs is 3. The molecular weight excluding hydrogens is 390 g/mol. The van der Waals surface area contributed by atoms with Crippen LogP contribution in [0, 0.1) is 0 Å². The maximum absolute atomic E-state index is 13.3. The van der Waals surface area contributed by atoms with Gasteiger partial charge in [-0.1, -0.05) is 51.1 Å². The summed E-state index contributed by atoms with van der Waals surface area (Å²) in [4.78, 5) is 42.2. The Balaban J connectivity index is 1.55. The molecule has 2 aliphatic rings. The Bertz CT molecular complexity index is 1060. The van der Waals surface area contributed by atoms with E-state index >= 15 is 0 Å². The highest BCUT2D eigenvalue weighted by molar-refractivity contribution is 6.10. The molecule has 1 N–H and O–H groups in total. The maximum Gasteiger partial charge on any atom is 0.257 e. The van der Waals surface area contributed by atoms with Crippen molar-refractivity contribution in [3.05, 3.63) is 59.7 Å². The lowest BCUT2D eigenvalue weighted by molar-refractivity contribution is -0.117. The number of rotatable bonds is 4. The Morgan fingerprint density at radius 2 is 1.74 bits per heavy atom. The van der Waals surface area contributed by atoms with Gasteiger partial charge < -0.3 is 10.2 Å². The van der Waals surface area contributed by atoms with Crippen LogP contribution in [0.2, 0.25) is 0 Å². The van der Waals surface area contributed by atoms with Crippen LogP contribution in [-0.4, -0.2) is 34.8 Å². The molecule has 1 fully saturated rings. The summed E-state index contributed by atoms with van der Waals surface area (Å²) in [5.74, 6) is -0.272. The summed E-state index contributed by atoms with van der Waals surface area (Å²) in [6.45, 7) is 8.48. The highest BCUT2D eigenvalue weighted by Gasteiger charge is 2.52. The third kappa shape index (κ3) is 3.60. The molecule has 2 aromatic rings. The lowest BCUT2D eigenvalue weighted by Gasteiger charge is -2.48. The number of carbonyl (C=O) groups is 3. The fourth-order valence-corrected chi connectivity index (χ4v) is 4.71. The number of hydrogen-bond acceptors (Lipinski definition) is 3. The van der Waals surface area contributed by atoms with Crippen molar-refractivity contribution >= 4 is 29.1 Å². The predicted octanol–water partition coefficient (Wildman–Crippen LogP) is 4.31. The van der Waals surface area contributed by atoms with Crippen molar-refractivity contribution in [2.45, 2.75) is 58.0 Å². The van der Waals surface area contributed by atoms with E-state index in [0.29, 0.717) is 24.1 Å². The lowest BCUT2D eigenvalue weighted by Crippen LogP contribution is -2.62. The number of anilines is 2. The lowest BCUT2D eigenvalue weighted by atomic mass is 9.86. The number of para-hydroxylation sites is 2. The Labute approximate surface area is 183 Å². The fourth-order valence-electron chi connectivity index (χ4n) is 4.71. The number of nitrogens with zero attached hydrogens (tertiary/aromatic N) is 2. The zero-order valence-electron chi connectivity index (χ0n) is 18.6. The molecule has 31 heavy (non-hydrogen) atoms. The summed E-state index contributed by atoms with van der Waals surface area (Å²) in [7, 11) is 0. The van der Waals surface area contributed by atoms with Crippen molar-refractivity contribution in [2.24, 2.45) is 0 Å². The summed E-state index contributed by atoms with van der Waals surface area (Å²) in [6.07, 6.45) is 1.10. The van der Waals surface area contributed by atoms with Gasteiger partial charge in [0.05, 0.1) is 11.3 Å². The second kappa shape index (κ2) is 7.52. The zero-order chi connectivity index (χ0) is 22.4. The van der Waals surface area contributed by atoms with Gasteiger partial charge in [-0.3, -0.25) is 19.3 Å². The minimum absolute atomic E-state index is 0.0102. The van der Waals surface area contributed by atoms with Crippen LogP contribution >= 0.6 is 0 Å². The molecule has 6 nitrogen and oxygen atoms in total. The average molecular weight is 420 g/mol. The summed E-state index contributed by atoms with van der Waals surface area (Å²) in [5.41, 5.74) is 2.18. The van der Waals surface area contributed by atoms with Crippen LogP contribution in [0.25, 0.3) is 0 Å². The first-order valence-corrected chi connectivity index (χ1v) is 10.8. The molecule has 2 heterocycles. The third-order valence-electron chi connectivity index (χ3n) is 6.32. The van der Waals surface area contributed by atoms with Crippen molar-refractivity contribution in [3.63, 3.8) is 0 Å². The van der Waals surface area contributed by atoms with E-state index in [-0.39, 0.29) is 36.1 Å². The molecule has 2 aromatic carbocycles. The monoisotopic (exact) mass is 419 g/mol. The van der Waals surface area contributed by atoms with Crippen molar-refractivity contribution in [3.8, 4) is 0 Å². The Morgan fingerprint density at radius 3 is 2.48 bits per heavy atom. The molecule has 0 bridgehead atoms. The van der Waals surface area contributed by atoms with E-state index in [1.54, 1.807) is 21.9 Å². The van der Waals surface area contributed by atoms with Gasteiger partial charge >= 0.3 is 0 Å². The average Bonchev–Trinajstić information content (AvgIpc) is 3.03. The van der Waals surface area contributed by atoms with E-state index < -0.39 is 5.66 Å². The summed E-state index contributed by atoms with van der Waals surface area (Å²) >= 11 is 0. The molecule has 0 saturated carbocycles. The Hall–Kier alpha value is -3.15. The van der Waals surface area contributed by atoms with Crippen LogP contribution < -0.4 is 10.2 Å². The number of amides is 3. The largest absolute Gasteiger partial charge is 0.326 e. The molecule has 0 radical (unpaired) electrons. The molecule has 1 saturated heterocycles. The summed E-state index contributed by atoms with van der Waals surface area (Å²) in [5, 5.41) is 3.01. The van der Waals surface area contributed by atoms with Crippen LogP contribution in [0.1, 0.15) is 62.9 Å². The van der Waals surface area contributed by atoms with Gasteiger partial charge in [-0.15, -0.1) is 0 Å². The molecule has 0 aromatic heterocycles. The van der Waals surface area contributed by atoms with Gasteiger partial charge in [-0.2, -0.15) is 0 Å². The number of hydrogen-bond donors (Lipinski definition) is 1. The first-order valence-electron chi connectivity index (χ1n) is 10.8. The van der Waals surface area contributed by atoms with E-state index in [2.05, 4.69) is 26.1 Å². The Kier molecular flexibility index (Phi) is 5.12. The van der Waals surface area contributed by atoms with Gasteiger partial charge in [0.2, 0.25) is 11.8 Å². The summed E-state index contributed by atoms with van der Waals surface area (Å²) < 4.78 is 0. The molecule has 4 rings (SSSR count). The topological polar surface area (TPSA) is 69.7 Å². The van der Waals surface area contributed by atoms with Crippen LogP contribution in [-0.2, 0) is 15.0 Å². The van der Waals surface area contributed by atoms with Gasteiger partial charge in [-0.25, -0.2) is 0 Å². The standard InChI is InChI=1S/C25H29N3O3/c1-24(2,3)18-10-6-7-11-19(18)26-21(29)14-16-27-23(31)17-9-5-8-12-20(17)28-22(30)13-15-25(27,28)4/h5-12H,13-16H2,1-4H3,(H,26,29). The SMILES string of the molecule is CC(C)(C)c1ccccc1NC(=O)CCN1C(=O)c2ccccc2N2C(=O)CCC12C. The number of nitrogens with one attached hydrogen (secondary N) is 1. The van der Waals surface area contributed by atoms with E-state index in [0.717, 1.165) is 11.3 Å². The normalized spacial score (nSPS) is 20.5. The maximum atomic E-state index is 13.3. The van der Waals surface area contributed by atoms with Crippen molar-refractivity contribution in [1.29, 1.82) is 0 Å². The highest BCUT2D eigenvalue weighted by Crippen LogP contribution is 2.44. The van der Waals surface area contributed by atoms with Crippen LogP contribution in [0.5, 0.6) is 0 Å². The first kappa shape index (κ1) is 21.1. The van der Waals surface area contributed by atoms with E-state index in [1.807, 2.05) is 43.3 Å². The van der Waals surface area contributed by atoms with Gasteiger partial charge in [-0.05, 0) is 42.5 Å². The second-order valence-electron chi connectivity index (χ2n) is 9.51. The first-order chi connectivity index (χ1) is 14.6. The van der Waals surface area contributed by atoms with Crippen molar-refractivity contribution < 1.29 is 14.4 Å². The van der Waals surface area contributed by atoms with E-state index in [1.165, 1.54) is 0 Å². The summed E-state index contributed by atoms with van der Waals surface area (Å²) in [6, 6.07) is 15.0. The molecule has 6 heteroatoms. The number of carbonyl (C=O) groups excluding carboxylic acids is 3. The van der Waals surface area contributed by atoms with E-state index in [9.17, 15) is 14.4 Å². The smallest absolute Gasteiger partial charge is 0.257 e. The Morgan fingerprint density at radius 1 is 1.06 bits per heavy atom. The van der Waals surface area contributed by atoms with Gasteiger partial charge in [0.15, 0.2) is 0 Å². The molecule has 3 amide bonds. The third-order valence-corrected chi connectivity index (χ3v) is 6.32. The molecule has 2 aliphatic heterocycles. The molecule has 1 unspecified atom stereocenters. The van der Waals surface area contributed by atoms with Crippen LogP contribution in [0.15, 0.2) is 48.5 Å².